The van der Waals surface area contributed by atoms with Crippen LogP contribution in [0, 0.1) is 6.92 Å². The lowest BCUT2D eigenvalue weighted by molar-refractivity contribution is 0.101. The molecular formula is C21H17BrClNO4S. The second-order valence-corrected chi connectivity index (χ2v) is 9.33. The number of anilines is 1. The molecule has 0 aliphatic heterocycles. The molecule has 0 fully saturated rings. The number of nitrogens with zero attached hydrogens (tertiary/aromatic N) is 1. The molecule has 0 saturated heterocycles. The van der Waals surface area contributed by atoms with Crippen molar-refractivity contribution in [2.24, 2.45) is 0 Å². The van der Waals surface area contributed by atoms with E-state index in [0.717, 1.165) is 9.87 Å². The van der Waals surface area contributed by atoms with E-state index in [4.69, 9.17) is 16.3 Å². The third-order valence-electron chi connectivity index (χ3n) is 4.19. The SMILES string of the molecule is COc1ccc(N(C(=O)c2cccc(Br)c2)S(=O)(=O)c2ccc(C)cc2)cc1Cl. The number of methoxy groups -OCH3 is 1. The molecule has 0 aliphatic carbocycles. The van der Waals surface area contributed by atoms with E-state index in [1.54, 1.807) is 36.4 Å². The van der Waals surface area contributed by atoms with E-state index >= 15 is 0 Å². The van der Waals surface area contributed by atoms with Crippen molar-refractivity contribution in [1.29, 1.82) is 0 Å². The first-order valence-corrected chi connectivity index (χ1v) is 11.1. The molecule has 3 rings (SSSR count). The summed E-state index contributed by atoms with van der Waals surface area (Å²) in [6.07, 6.45) is 0. The third-order valence-corrected chi connectivity index (χ3v) is 6.70. The summed E-state index contributed by atoms with van der Waals surface area (Å²) in [6, 6.07) is 17.2. The van der Waals surface area contributed by atoms with Crippen molar-refractivity contribution in [3.05, 3.63) is 87.4 Å². The number of amides is 1. The first kappa shape index (κ1) is 21.4. The fraction of sp³-hybridized carbons (Fsp3) is 0.0952. The van der Waals surface area contributed by atoms with Gasteiger partial charge in [-0.3, -0.25) is 4.79 Å². The van der Waals surface area contributed by atoms with E-state index in [1.165, 1.54) is 37.4 Å². The Morgan fingerprint density at radius 2 is 1.72 bits per heavy atom. The highest BCUT2D eigenvalue weighted by Crippen LogP contribution is 2.33. The fourth-order valence-electron chi connectivity index (χ4n) is 2.70. The maximum absolute atomic E-state index is 13.4. The quantitative estimate of drug-likeness (QED) is 0.473. The zero-order chi connectivity index (χ0) is 21.2. The van der Waals surface area contributed by atoms with E-state index in [1.807, 2.05) is 6.92 Å². The van der Waals surface area contributed by atoms with Crippen LogP contribution in [0.25, 0.3) is 0 Å². The van der Waals surface area contributed by atoms with Gasteiger partial charge in [-0.2, -0.15) is 4.31 Å². The smallest absolute Gasteiger partial charge is 0.272 e. The van der Waals surface area contributed by atoms with Crippen molar-refractivity contribution in [3.8, 4) is 5.75 Å². The Kier molecular flexibility index (Phi) is 6.31. The van der Waals surface area contributed by atoms with Gasteiger partial charge in [0.2, 0.25) is 0 Å². The number of aryl methyl sites for hydroxylation is 1. The van der Waals surface area contributed by atoms with Gasteiger partial charge < -0.3 is 4.74 Å². The van der Waals surface area contributed by atoms with E-state index in [9.17, 15) is 13.2 Å². The molecule has 0 spiro atoms. The summed E-state index contributed by atoms with van der Waals surface area (Å²) in [6.45, 7) is 1.85. The van der Waals surface area contributed by atoms with Crippen LogP contribution in [0.15, 0.2) is 76.1 Å². The molecule has 0 saturated carbocycles. The average Bonchev–Trinajstić information content (AvgIpc) is 2.68. The predicted molar refractivity (Wildman–Crippen MR) is 117 cm³/mol. The molecule has 0 unspecified atom stereocenters. The number of halogens is 2. The zero-order valence-corrected chi connectivity index (χ0v) is 18.8. The summed E-state index contributed by atoms with van der Waals surface area (Å²) in [5, 5.41) is 0.191. The average molecular weight is 495 g/mol. The molecule has 0 aliphatic rings. The van der Waals surface area contributed by atoms with E-state index in [-0.39, 0.29) is 21.2 Å². The van der Waals surface area contributed by atoms with Crippen molar-refractivity contribution in [2.45, 2.75) is 11.8 Å². The van der Waals surface area contributed by atoms with Gasteiger partial charge in [0.25, 0.3) is 15.9 Å². The molecule has 0 atom stereocenters. The lowest BCUT2D eigenvalue weighted by Gasteiger charge is -2.23. The van der Waals surface area contributed by atoms with Crippen LogP contribution in [0.2, 0.25) is 5.02 Å². The normalized spacial score (nSPS) is 11.2. The lowest BCUT2D eigenvalue weighted by atomic mass is 10.2. The summed E-state index contributed by atoms with van der Waals surface area (Å²) >= 11 is 9.51. The molecule has 0 radical (unpaired) electrons. The van der Waals surface area contributed by atoms with Crippen LogP contribution >= 0.6 is 27.5 Å². The maximum atomic E-state index is 13.4. The van der Waals surface area contributed by atoms with Crippen LogP contribution in [0.1, 0.15) is 15.9 Å². The highest BCUT2D eigenvalue weighted by atomic mass is 79.9. The lowest BCUT2D eigenvalue weighted by Crippen LogP contribution is -2.37. The summed E-state index contributed by atoms with van der Waals surface area (Å²) in [4.78, 5) is 13.3. The van der Waals surface area contributed by atoms with Gasteiger partial charge in [0.15, 0.2) is 0 Å². The van der Waals surface area contributed by atoms with E-state index in [0.29, 0.717) is 10.2 Å². The highest BCUT2D eigenvalue weighted by Gasteiger charge is 2.32. The van der Waals surface area contributed by atoms with Gasteiger partial charge in [-0.05, 0) is 55.5 Å². The van der Waals surface area contributed by atoms with Crippen molar-refractivity contribution in [3.63, 3.8) is 0 Å². The van der Waals surface area contributed by atoms with Gasteiger partial charge in [-0.25, -0.2) is 8.42 Å². The van der Waals surface area contributed by atoms with Gasteiger partial charge >= 0.3 is 0 Å². The largest absolute Gasteiger partial charge is 0.495 e. The second-order valence-electron chi connectivity index (χ2n) is 6.22. The number of carbonyl (C=O) groups is 1. The molecule has 1 amide bonds. The Balaban J connectivity index is 2.19. The molecule has 3 aromatic rings. The maximum Gasteiger partial charge on any atom is 0.272 e. The number of ether oxygens (including phenoxy) is 1. The van der Waals surface area contributed by atoms with Crippen molar-refractivity contribution in [2.75, 3.05) is 11.4 Å². The first-order chi connectivity index (χ1) is 13.7. The standard InChI is InChI=1S/C21H17BrClNO4S/c1-14-6-9-18(10-7-14)29(26,27)24(17-8-11-20(28-2)19(23)13-17)21(25)15-4-3-5-16(22)12-15/h3-13H,1-2H3. The fourth-order valence-corrected chi connectivity index (χ4v) is 4.76. The third kappa shape index (κ3) is 4.47. The van der Waals surface area contributed by atoms with Crippen LogP contribution in [-0.4, -0.2) is 21.4 Å². The van der Waals surface area contributed by atoms with Crippen molar-refractivity contribution in [1.82, 2.24) is 0 Å². The number of sulfonamides is 1. The number of rotatable bonds is 5. The topological polar surface area (TPSA) is 63.7 Å². The molecular weight excluding hydrogens is 478 g/mol. The Hall–Kier alpha value is -2.35. The summed E-state index contributed by atoms with van der Waals surface area (Å²) in [5.41, 5.74) is 1.23. The molecule has 0 bridgehead atoms. The zero-order valence-electron chi connectivity index (χ0n) is 15.6. The number of hydrogen-bond donors (Lipinski definition) is 0. The molecule has 0 aromatic heterocycles. The number of carbonyl (C=O) groups excluding carboxylic acids is 1. The Bertz CT molecular complexity index is 1160. The minimum atomic E-state index is -4.20. The Morgan fingerprint density at radius 1 is 1.03 bits per heavy atom. The van der Waals surface area contributed by atoms with Crippen LogP contribution in [-0.2, 0) is 10.0 Å². The van der Waals surface area contributed by atoms with Gasteiger partial charge in [0.1, 0.15) is 5.75 Å². The van der Waals surface area contributed by atoms with Crippen LogP contribution in [0.3, 0.4) is 0 Å². The summed E-state index contributed by atoms with van der Waals surface area (Å²) in [7, 11) is -2.75. The minimum Gasteiger partial charge on any atom is -0.495 e. The van der Waals surface area contributed by atoms with Gasteiger partial charge in [0, 0.05) is 10.0 Å². The predicted octanol–water partition coefficient (Wildman–Crippen LogP) is 5.46. The molecule has 3 aromatic carbocycles. The van der Waals surface area contributed by atoms with E-state index < -0.39 is 15.9 Å². The van der Waals surface area contributed by atoms with Crippen LogP contribution in [0.4, 0.5) is 5.69 Å². The van der Waals surface area contributed by atoms with Crippen LogP contribution < -0.4 is 9.04 Å². The minimum absolute atomic E-state index is 0.00149. The molecule has 0 N–H and O–H groups in total. The highest BCUT2D eigenvalue weighted by molar-refractivity contribution is 9.10. The van der Waals surface area contributed by atoms with E-state index in [2.05, 4.69) is 15.9 Å². The van der Waals surface area contributed by atoms with Crippen molar-refractivity contribution < 1.29 is 17.9 Å². The summed E-state index contributed by atoms with van der Waals surface area (Å²) < 4.78 is 33.4. The van der Waals surface area contributed by atoms with Crippen LogP contribution in [0.5, 0.6) is 5.75 Å². The monoisotopic (exact) mass is 493 g/mol. The second kappa shape index (κ2) is 8.57. The van der Waals surface area contributed by atoms with Gasteiger partial charge in [0.05, 0.1) is 22.7 Å². The Labute approximate surface area is 183 Å². The first-order valence-electron chi connectivity index (χ1n) is 8.49. The molecule has 8 heteroatoms. The molecule has 5 nitrogen and oxygen atoms in total. The number of benzene rings is 3. The Morgan fingerprint density at radius 3 is 2.31 bits per heavy atom. The molecule has 150 valence electrons. The summed E-state index contributed by atoms with van der Waals surface area (Å²) in [5.74, 6) is -0.328. The molecule has 29 heavy (non-hydrogen) atoms. The van der Waals surface area contributed by atoms with Gasteiger partial charge in [-0.1, -0.05) is 51.3 Å². The van der Waals surface area contributed by atoms with Crippen molar-refractivity contribution >= 4 is 49.1 Å². The molecule has 0 heterocycles. The number of hydrogen-bond acceptors (Lipinski definition) is 4. The van der Waals surface area contributed by atoms with Gasteiger partial charge in [-0.15, -0.1) is 0 Å².